The molecule has 0 radical (unpaired) electrons. The molecule has 0 aromatic carbocycles. The average Bonchev–Trinajstić information content (AvgIpc) is 2.20. The zero-order valence-corrected chi connectivity index (χ0v) is 8.95. The van der Waals surface area contributed by atoms with Crippen molar-refractivity contribution in [3.05, 3.63) is 29.6 Å². The second-order valence-electron chi connectivity index (χ2n) is 3.15. The summed E-state index contributed by atoms with van der Waals surface area (Å²) in [5, 5.41) is 0. The van der Waals surface area contributed by atoms with Crippen molar-refractivity contribution in [1.82, 2.24) is 9.88 Å². The minimum atomic E-state index is 0.0214. The largest absolute Gasteiger partial charge is 0.338 e. The number of carbonyl (C=O) groups is 1. The molecule has 0 saturated carbocycles. The van der Waals surface area contributed by atoms with Gasteiger partial charge < -0.3 is 4.90 Å². The molecule has 0 aliphatic rings. The number of pyridine rings is 1. The van der Waals surface area contributed by atoms with Gasteiger partial charge in [0, 0.05) is 19.3 Å². The third-order valence-electron chi connectivity index (χ3n) is 2.26. The molecule has 0 saturated heterocycles. The van der Waals surface area contributed by atoms with E-state index in [1.807, 2.05) is 32.9 Å². The van der Waals surface area contributed by atoms with Gasteiger partial charge in [-0.25, -0.2) is 0 Å². The van der Waals surface area contributed by atoms with Crippen molar-refractivity contribution in [3.8, 4) is 0 Å². The Morgan fingerprint density at radius 3 is 2.57 bits per heavy atom. The minimum Gasteiger partial charge on any atom is -0.338 e. The molecular formula is C11H16N2O. The standard InChI is InChI=1S/C11H16N2O/c1-4-13(5-2)11(14)10-9(3)7-6-8-12-10/h6-8H,4-5H2,1-3H3. The van der Waals surface area contributed by atoms with E-state index in [1.165, 1.54) is 0 Å². The molecule has 14 heavy (non-hydrogen) atoms. The van der Waals surface area contributed by atoms with Crippen molar-refractivity contribution in [2.45, 2.75) is 20.8 Å². The first-order valence-electron chi connectivity index (χ1n) is 4.91. The van der Waals surface area contributed by atoms with E-state index < -0.39 is 0 Å². The maximum absolute atomic E-state index is 11.9. The van der Waals surface area contributed by atoms with Crippen LogP contribution in [-0.4, -0.2) is 28.9 Å². The van der Waals surface area contributed by atoms with Gasteiger partial charge in [-0.1, -0.05) is 6.07 Å². The predicted octanol–water partition coefficient (Wildman–Crippen LogP) is 1.87. The van der Waals surface area contributed by atoms with Crippen molar-refractivity contribution in [3.63, 3.8) is 0 Å². The van der Waals surface area contributed by atoms with E-state index in [2.05, 4.69) is 4.98 Å². The number of nitrogens with zero attached hydrogens (tertiary/aromatic N) is 2. The lowest BCUT2D eigenvalue weighted by molar-refractivity contribution is 0.0766. The van der Waals surface area contributed by atoms with E-state index in [4.69, 9.17) is 0 Å². The highest BCUT2D eigenvalue weighted by Gasteiger charge is 2.15. The Morgan fingerprint density at radius 1 is 1.43 bits per heavy atom. The predicted molar refractivity (Wildman–Crippen MR) is 56.2 cm³/mol. The molecule has 0 fully saturated rings. The third-order valence-corrected chi connectivity index (χ3v) is 2.26. The van der Waals surface area contributed by atoms with Gasteiger partial charge in [-0.05, 0) is 32.4 Å². The summed E-state index contributed by atoms with van der Waals surface area (Å²) in [5.41, 5.74) is 1.50. The number of amides is 1. The molecule has 1 heterocycles. The zero-order valence-electron chi connectivity index (χ0n) is 8.95. The fraction of sp³-hybridized carbons (Fsp3) is 0.455. The molecule has 0 spiro atoms. The molecule has 1 aromatic rings. The van der Waals surface area contributed by atoms with Gasteiger partial charge in [-0.2, -0.15) is 0 Å². The van der Waals surface area contributed by atoms with E-state index in [0.717, 1.165) is 18.7 Å². The maximum atomic E-state index is 11.9. The van der Waals surface area contributed by atoms with Gasteiger partial charge in [0.15, 0.2) is 0 Å². The van der Waals surface area contributed by atoms with Crippen molar-refractivity contribution < 1.29 is 4.79 Å². The zero-order chi connectivity index (χ0) is 10.6. The van der Waals surface area contributed by atoms with Gasteiger partial charge in [0.2, 0.25) is 0 Å². The summed E-state index contributed by atoms with van der Waals surface area (Å²) in [7, 11) is 0. The lowest BCUT2D eigenvalue weighted by atomic mass is 10.2. The molecule has 0 unspecified atom stereocenters. The van der Waals surface area contributed by atoms with E-state index in [1.54, 1.807) is 11.1 Å². The molecule has 3 heteroatoms. The van der Waals surface area contributed by atoms with E-state index in [0.29, 0.717) is 5.69 Å². The summed E-state index contributed by atoms with van der Waals surface area (Å²) in [6, 6.07) is 3.75. The van der Waals surface area contributed by atoms with E-state index in [9.17, 15) is 4.79 Å². The molecule has 0 atom stereocenters. The topological polar surface area (TPSA) is 33.2 Å². The summed E-state index contributed by atoms with van der Waals surface area (Å²) >= 11 is 0. The molecule has 1 rings (SSSR count). The Morgan fingerprint density at radius 2 is 2.07 bits per heavy atom. The molecule has 0 N–H and O–H groups in total. The van der Waals surface area contributed by atoms with Gasteiger partial charge in [0.05, 0.1) is 0 Å². The highest BCUT2D eigenvalue weighted by molar-refractivity contribution is 5.93. The summed E-state index contributed by atoms with van der Waals surface area (Å²) in [4.78, 5) is 17.8. The highest BCUT2D eigenvalue weighted by atomic mass is 16.2. The molecule has 1 amide bonds. The summed E-state index contributed by atoms with van der Waals surface area (Å²) in [6.45, 7) is 7.31. The maximum Gasteiger partial charge on any atom is 0.272 e. The van der Waals surface area contributed by atoms with Gasteiger partial charge in [-0.15, -0.1) is 0 Å². The number of carbonyl (C=O) groups excluding carboxylic acids is 1. The fourth-order valence-corrected chi connectivity index (χ4v) is 1.37. The lowest BCUT2D eigenvalue weighted by Crippen LogP contribution is -2.31. The van der Waals surface area contributed by atoms with Crippen LogP contribution in [0.2, 0.25) is 0 Å². The van der Waals surface area contributed by atoms with Crippen molar-refractivity contribution >= 4 is 5.91 Å². The smallest absolute Gasteiger partial charge is 0.272 e. The van der Waals surface area contributed by atoms with Crippen molar-refractivity contribution in [2.75, 3.05) is 13.1 Å². The third kappa shape index (κ3) is 2.10. The van der Waals surface area contributed by atoms with Gasteiger partial charge in [0.1, 0.15) is 5.69 Å². The lowest BCUT2D eigenvalue weighted by Gasteiger charge is -2.18. The van der Waals surface area contributed by atoms with Gasteiger partial charge in [-0.3, -0.25) is 9.78 Å². The van der Waals surface area contributed by atoms with Crippen LogP contribution in [0.25, 0.3) is 0 Å². The molecule has 76 valence electrons. The molecule has 1 aromatic heterocycles. The quantitative estimate of drug-likeness (QED) is 0.732. The van der Waals surface area contributed by atoms with Crippen LogP contribution in [0.1, 0.15) is 29.9 Å². The second kappa shape index (κ2) is 4.74. The van der Waals surface area contributed by atoms with Crippen LogP contribution in [0, 0.1) is 6.92 Å². The Kier molecular flexibility index (Phi) is 3.63. The van der Waals surface area contributed by atoms with E-state index >= 15 is 0 Å². The van der Waals surface area contributed by atoms with Crippen LogP contribution in [0.4, 0.5) is 0 Å². The Balaban J connectivity index is 2.94. The second-order valence-corrected chi connectivity index (χ2v) is 3.15. The van der Waals surface area contributed by atoms with Crippen LogP contribution < -0.4 is 0 Å². The summed E-state index contributed by atoms with van der Waals surface area (Å²) in [5.74, 6) is 0.0214. The van der Waals surface area contributed by atoms with Crippen LogP contribution in [0.3, 0.4) is 0 Å². The first-order valence-corrected chi connectivity index (χ1v) is 4.91. The first kappa shape index (κ1) is 10.7. The van der Waals surface area contributed by atoms with Crippen LogP contribution >= 0.6 is 0 Å². The van der Waals surface area contributed by atoms with Crippen LogP contribution in [0.15, 0.2) is 18.3 Å². The van der Waals surface area contributed by atoms with Crippen molar-refractivity contribution in [2.24, 2.45) is 0 Å². The minimum absolute atomic E-state index is 0.0214. The SMILES string of the molecule is CCN(CC)C(=O)c1ncccc1C. The Hall–Kier alpha value is -1.38. The molecule has 0 aliphatic heterocycles. The number of aromatic nitrogens is 1. The van der Waals surface area contributed by atoms with E-state index in [-0.39, 0.29) is 5.91 Å². The van der Waals surface area contributed by atoms with Crippen LogP contribution in [-0.2, 0) is 0 Å². The Bertz CT molecular complexity index is 319. The molecule has 0 aliphatic carbocycles. The summed E-state index contributed by atoms with van der Waals surface area (Å²) < 4.78 is 0. The first-order chi connectivity index (χ1) is 6.70. The van der Waals surface area contributed by atoms with Crippen molar-refractivity contribution in [1.29, 1.82) is 0 Å². The van der Waals surface area contributed by atoms with Crippen LogP contribution in [0.5, 0.6) is 0 Å². The molecular weight excluding hydrogens is 176 g/mol. The number of rotatable bonds is 3. The van der Waals surface area contributed by atoms with Gasteiger partial charge in [0.25, 0.3) is 5.91 Å². The number of hydrogen-bond acceptors (Lipinski definition) is 2. The fourth-order valence-electron chi connectivity index (χ4n) is 1.37. The molecule has 3 nitrogen and oxygen atoms in total. The molecule has 0 bridgehead atoms. The number of hydrogen-bond donors (Lipinski definition) is 0. The highest BCUT2D eigenvalue weighted by Crippen LogP contribution is 2.06. The summed E-state index contributed by atoms with van der Waals surface area (Å²) in [6.07, 6.45) is 1.66. The van der Waals surface area contributed by atoms with Gasteiger partial charge >= 0.3 is 0 Å². The Labute approximate surface area is 84.8 Å². The average molecular weight is 192 g/mol. The monoisotopic (exact) mass is 192 g/mol. The number of aryl methyl sites for hydroxylation is 1. The normalized spacial score (nSPS) is 9.93.